The number of aromatic nitrogens is 4. The van der Waals surface area contributed by atoms with Crippen molar-refractivity contribution in [1.29, 1.82) is 0 Å². The van der Waals surface area contributed by atoms with Crippen LogP contribution in [0.5, 0.6) is 11.8 Å². The lowest BCUT2D eigenvalue weighted by molar-refractivity contribution is -0.163. The van der Waals surface area contributed by atoms with Gasteiger partial charge in [-0.1, -0.05) is 0 Å². The van der Waals surface area contributed by atoms with Crippen LogP contribution in [0.2, 0.25) is 0 Å². The molecule has 2 aliphatic heterocycles. The number of alkyl halides is 1. The highest BCUT2D eigenvalue weighted by atomic mass is 19.1. The average Bonchev–Trinajstić information content (AvgIpc) is 3.44. The van der Waals surface area contributed by atoms with Crippen LogP contribution >= 0.6 is 0 Å². The Morgan fingerprint density at radius 2 is 1.95 bits per heavy atom. The summed E-state index contributed by atoms with van der Waals surface area (Å²) in [6.45, 7) is 9.57. The molecule has 2 fully saturated rings. The van der Waals surface area contributed by atoms with E-state index in [0.29, 0.717) is 33.5 Å². The molecule has 13 heteroatoms. The Labute approximate surface area is 247 Å². The van der Waals surface area contributed by atoms with E-state index in [0.717, 1.165) is 11.3 Å². The Kier molecular flexibility index (Phi) is 6.73. The summed E-state index contributed by atoms with van der Waals surface area (Å²) in [5.41, 5.74) is 5.44. The lowest BCUT2D eigenvalue weighted by atomic mass is 9.74. The summed E-state index contributed by atoms with van der Waals surface area (Å²) in [6, 6.07) is 4.39. The van der Waals surface area contributed by atoms with Gasteiger partial charge in [-0.05, 0) is 58.4 Å². The van der Waals surface area contributed by atoms with Crippen molar-refractivity contribution in [2.45, 2.75) is 45.9 Å². The van der Waals surface area contributed by atoms with Crippen LogP contribution in [0, 0.1) is 25.1 Å². The van der Waals surface area contributed by atoms with Crippen LogP contribution in [0.3, 0.4) is 0 Å². The highest BCUT2D eigenvalue weighted by Crippen LogP contribution is 2.50. The average molecular weight is 596 g/mol. The number of hydrogen-bond acceptors (Lipinski definition) is 9. The zero-order chi connectivity index (χ0) is 30.9. The van der Waals surface area contributed by atoms with E-state index in [-0.39, 0.29) is 44.5 Å². The fraction of sp³-hybridized carbons (Fsp3) is 0.467. The first-order valence-electron chi connectivity index (χ1n) is 14.0. The van der Waals surface area contributed by atoms with Crippen LogP contribution in [0.15, 0.2) is 24.4 Å². The molecule has 2 aliphatic rings. The molecule has 6 rings (SSSR count). The maximum absolute atomic E-state index is 16.2. The lowest BCUT2D eigenvalue weighted by Crippen LogP contribution is -2.60. The van der Waals surface area contributed by atoms with Crippen molar-refractivity contribution in [3.63, 3.8) is 0 Å². The first kappa shape index (κ1) is 29.0. The zero-order valence-corrected chi connectivity index (χ0v) is 25.0. The van der Waals surface area contributed by atoms with E-state index >= 15 is 8.78 Å². The number of rotatable bonds is 5. The second kappa shape index (κ2) is 9.98. The minimum Gasteiger partial charge on any atom is -0.443 e. The third-order valence-electron chi connectivity index (χ3n) is 8.28. The van der Waals surface area contributed by atoms with E-state index in [4.69, 9.17) is 24.9 Å². The van der Waals surface area contributed by atoms with Gasteiger partial charge in [-0.25, -0.2) is 13.6 Å². The van der Waals surface area contributed by atoms with Crippen LogP contribution in [-0.4, -0.2) is 77.2 Å². The van der Waals surface area contributed by atoms with Crippen LogP contribution in [0.25, 0.3) is 21.9 Å². The van der Waals surface area contributed by atoms with E-state index in [2.05, 4.69) is 15.0 Å². The summed E-state index contributed by atoms with van der Waals surface area (Å²) in [5.74, 6) is 0.185. The van der Waals surface area contributed by atoms with E-state index in [9.17, 15) is 4.79 Å². The van der Waals surface area contributed by atoms with Crippen LogP contribution in [0.4, 0.5) is 25.1 Å². The molecular formula is C30H35F2N7O4. The van der Waals surface area contributed by atoms with E-state index < -0.39 is 28.6 Å². The number of pyridine rings is 1. The lowest BCUT2D eigenvalue weighted by Gasteiger charge is -2.44. The quantitative estimate of drug-likeness (QED) is 0.330. The van der Waals surface area contributed by atoms with Crippen LogP contribution < -0.4 is 20.3 Å². The Morgan fingerprint density at radius 1 is 1.21 bits per heavy atom. The second-order valence-electron chi connectivity index (χ2n) is 12.5. The molecule has 1 amide bonds. The van der Waals surface area contributed by atoms with Gasteiger partial charge in [-0.3, -0.25) is 9.88 Å². The summed E-state index contributed by atoms with van der Waals surface area (Å²) in [6.07, 6.45) is 0.911. The SMILES string of the molecule is Cc1cc(Oc2nc(N3CC(F)(CN)C4(COC4)C3)c3c(n2)[nH]c2c(N(C)C(=O)OC(C)(C)C)cc(F)cc23)cnc1C. The van der Waals surface area contributed by atoms with Crippen molar-refractivity contribution >= 4 is 39.5 Å². The van der Waals surface area contributed by atoms with Gasteiger partial charge in [0.1, 0.15) is 28.6 Å². The number of carbonyl (C=O) groups excluding carboxylic acids is 1. The number of fused-ring (bicyclic) bond motifs is 3. The predicted molar refractivity (Wildman–Crippen MR) is 158 cm³/mol. The number of halogens is 2. The van der Waals surface area contributed by atoms with Crippen LogP contribution in [-0.2, 0) is 9.47 Å². The molecule has 5 heterocycles. The fourth-order valence-corrected chi connectivity index (χ4v) is 5.72. The van der Waals surface area contributed by atoms with Gasteiger partial charge in [0.25, 0.3) is 0 Å². The molecule has 4 aromatic rings. The van der Waals surface area contributed by atoms with Gasteiger partial charge < -0.3 is 29.8 Å². The number of H-pyrrole nitrogens is 1. The summed E-state index contributed by atoms with van der Waals surface area (Å²) < 4.78 is 48.5. The highest BCUT2D eigenvalue weighted by Gasteiger charge is 2.62. The molecular weight excluding hydrogens is 560 g/mol. The third kappa shape index (κ3) is 4.89. The standard InChI is InChI=1S/C30H35F2N7O4/c1-16-7-19(10-34-17(16)2)42-26-36-24-22(25(37-26)39-12-29(14-41-15-29)30(32,11-33)13-39)20-8-18(31)9-21(23(20)35-24)38(6)27(40)43-28(3,4)5/h7-10H,11-15,33H2,1-6H3,(H,35,36,37). The number of nitrogens with two attached hydrogens (primary N) is 1. The molecule has 0 bridgehead atoms. The van der Waals surface area contributed by atoms with Gasteiger partial charge in [0, 0.05) is 31.2 Å². The van der Waals surface area contributed by atoms with Crippen molar-refractivity contribution in [3.05, 3.63) is 41.5 Å². The summed E-state index contributed by atoms with van der Waals surface area (Å²) in [7, 11) is 1.50. The normalized spacial score (nSPS) is 19.7. The van der Waals surface area contributed by atoms with Gasteiger partial charge in [0.2, 0.25) is 0 Å². The number of anilines is 2. The van der Waals surface area contributed by atoms with E-state index in [1.807, 2.05) is 19.9 Å². The number of carbonyl (C=O) groups is 1. The van der Waals surface area contributed by atoms with Gasteiger partial charge >= 0.3 is 12.1 Å². The maximum Gasteiger partial charge on any atom is 0.414 e. The number of benzene rings is 1. The Balaban J connectivity index is 1.53. The summed E-state index contributed by atoms with van der Waals surface area (Å²) in [5, 5.41) is 0.869. The van der Waals surface area contributed by atoms with Gasteiger partial charge in [-0.15, -0.1) is 0 Å². The molecule has 1 aromatic carbocycles. The molecule has 0 saturated carbocycles. The van der Waals surface area contributed by atoms with Crippen molar-refractivity contribution in [2.24, 2.45) is 11.1 Å². The minimum absolute atomic E-state index is 0.00959. The van der Waals surface area contributed by atoms with E-state index in [1.165, 1.54) is 24.1 Å². The van der Waals surface area contributed by atoms with E-state index in [1.54, 1.807) is 31.9 Å². The van der Waals surface area contributed by atoms with Crippen molar-refractivity contribution in [3.8, 4) is 11.8 Å². The molecule has 0 aliphatic carbocycles. The number of nitrogens with zero attached hydrogens (tertiary/aromatic N) is 5. The topological polar surface area (TPSA) is 132 Å². The molecule has 1 spiro atoms. The number of ether oxygens (including phenoxy) is 3. The van der Waals surface area contributed by atoms with Crippen molar-refractivity contribution < 1.29 is 27.8 Å². The third-order valence-corrected chi connectivity index (χ3v) is 8.28. The fourth-order valence-electron chi connectivity index (χ4n) is 5.72. The maximum atomic E-state index is 16.2. The molecule has 1 atom stereocenters. The predicted octanol–water partition coefficient (Wildman–Crippen LogP) is 4.93. The number of aryl methyl sites for hydroxylation is 2. The zero-order valence-electron chi connectivity index (χ0n) is 25.0. The Morgan fingerprint density at radius 3 is 2.56 bits per heavy atom. The molecule has 3 aromatic heterocycles. The first-order chi connectivity index (χ1) is 20.2. The van der Waals surface area contributed by atoms with Crippen LogP contribution in [0.1, 0.15) is 32.0 Å². The molecule has 3 N–H and O–H groups in total. The van der Waals surface area contributed by atoms with Crippen molar-refractivity contribution in [1.82, 2.24) is 19.9 Å². The smallest absolute Gasteiger partial charge is 0.414 e. The largest absolute Gasteiger partial charge is 0.443 e. The van der Waals surface area contributed by atoms with Crippen molar-refractivity contribution in [2.75, 3.05) is 49.7 Å². The number of amides is 1. The number of nitrogens with one attached hydrogen (secondary N) is 1. The molecule has 11 nitrogen and oxygen atoms in total. The minimum atomic E-state index is -1.72. The van der Waals surface area contributed by atoms with Gasteiger partial charge in [-0.2, -0.15) is 9.97 Å². The molecule has 0 radical (unpaired) electrons. The molecule has 43 heavy (non-hydrogen) atoms. The monoisotopic (exact) mass is 595 g/mol. The number of aromatic amines is 1. The first-order valence-corrected chi connectivity index (χ1v) is 14.0. The molecule has 2 saturated heterocycles. The Hall–Kier alpha value is -4.10. The molecule has 228 valence electrons. The van der Waals surface area contributed by atoms with Gasteiger partial charge in [0.05, 0.1) is 48.0 Å². The summed E-state index contributed by atoms with van der Waals surface area (Å²) in [4.78, 5) is 32.9. The second-order valence-corrected chi connectivity index (χ2v) is 12.5. The number of hydrogen-bond donors (Lipinski definition) is 2. The molecule has 1 unspecified atom stereocenters. The highest BCUT2D eigenvalue weighted by molar-refractivity contribution is 6.16. The Bertz CT molecular complexity index is 1740. The summed E-state index contributed by atoms with van der Waals surface area (Å²) >= 11 is 0. The van der Waals surface area contributed by atoms with Gasteiger partial charge in [0.15, 0.2) is 5.67 Å².